The van der Waals surface area contributed by atoms with Gasteiger partial charge in [-0.15, -0.1) is 0 Å². The molecule has 13 heteroatoms. The van der Waals surface area contributed by atoms with Gasteiger partial charge < -0.3 is 25.7 Å². The van der Waals surface area contributed by atoms with Gasteiger partial charge in [0.15, 0.2) is 0 Å². The number of aliphatic carboxylic acids is 2. The van der Waals surface area contributed by atoms with Gasteiger partial charge in [0.25, 0.3) is 0 Å². The van der Waals surface area contributed by atoms with Crippen LogP contribution in [0.4, 0.5) is 32.0 Å². The summed E-state index contributed by atoms with van der Waals surface area (Å²) >= 11 is 0. The molecule has 0 spiro atoms. The van der Waals surface area contributed by atoms with Gasteiger partial charge in [-0.25, -0.2) is 9.59 Å². The summed E-state index contributed by atoms with van der Waals surface area (Å²) in [6.45, 7) is 4.62. The van der Waals surface area contributed by atoms with Crippen molar-refractivity contribution in [2.75, 3.05) is 31.1 Å². The molecule has 2 aromatic rings. The highest BCUT2D eigenvalue weighted by molar-refractivity contribution is 5.73. The molecular formula is C26H31F6N3O4. The van der Waals surface area contributed by atoms with Crippen molar-refractivity contribution in [3.63, 3.8) is 0 Å². The second-order valence-electron chi connectivity index (χ2n) is 8.99. The zero-order valence-electron chi connectivity index (χ0n) is 20.9. The number of carboxylic acids is 2. The van der Waals surface area contributed by atoms with E-state index in [1.165, 1.54) is 49.0 Å². The Kier molecular flexibility index (Phi) is 12.0. The average Bonchev–Trinajstić information content (AvgIpc) is 2.90. The summed E-state index contributed by atoms with van der Waals surface area (Å²) in [5, 5.41) is 21.6. The third-order valence-corrected chi connectivity index (χ3v) is 6.07. The standard InChI is InChI=1S/C22H29N3.2C2HF3O2/c1-2-6-18(7-3-1)19-8-4-10-22(16-19)25-14-11-20(12-15-25)24-21-9-5-13-23-17-21;2*3-2(4,5)1(6)7/h1-4,6-8,10,16,20-21,23-24H,5,9,11-15,17H2;2*(H,6,7). The predicted molar refractivity (Wildman–Crippen MR) is 134 cm³/mol. The van der Waals surface area contributed by atoms with E-state index in [2.05, 4.69) is 70.1 Å². The Morgan fingerprint density at radius 3 is 1.82 bits per heavy atom. The maximum atomic E-state index is 10.6. The Morgan fingerprint density at radius 2 is 1.33 bits per heavy atom. The van der Waals surface area contributed by atoms with E-state index in [4.69, 9.17) is 19.8 Å². The molecule has 2 aromatic carbocycles. The van der Waals surface area contributed by atoms with Crippen LogP contribution in [0.1, 0.15) is 25.7 Å². The molecule has 2 aliphatic heterocycles. The number of carbonyl (C=O) groups is 2. The minimum Gasteiger partial charge on any atom is -0.475 e. The van der Waals surface area contributed by atoms with E-state index in [1.807, 2.05) is 0 Å². The molecule has 0 bridgehead atoms. The van der Waals surface area contributed by atoms with E-state index < -0.39 is 24.3 Å². The lowest BCUT2D eigenvalue weighted by Crippen LogP contribution is -2.51. The number of anilines is 1. The van der Waals surface area contributed by atoms with Crippen molar-refractivity contribution in [2.24, 2.45) is 0 Å². The first-order valence-electron chi connectivity index (χ1n) is 12.2. The number of nitrogens with one attached hydrogen (secondary N) is 2. The zero-order valence-corrected chi connectivity index (χ0v) is 20.9. The van der Waals surface area contributed by atoms with Gasteiger partial charge in [0.2, 0.25) is 0 Å². The van der Waals surface area contributed by atoms with Gasteiger partial charge >= 0.3 is 24.3 Å². The van der Waals surface area contributed by atoms with Crippen molar-refractivity contribution in [1.29, 1.82) is 0 Å². The summed E-state index contributed by atoms with van der Waals surface area (Å²) in [6, 6.07) is 21.0. The lowest BCUT2D eigenvalue weighted by atomic mass is 9.99. The summed E-state index contributed by atoms with van der Waals surface area (Å²) in [5.74, 6) is -5.51. The molecule has 2 heterocycles. The monoisotopic (exact) mass is 563 g/mol. The van der Waals surface area contributed by atoms with Gasteiger partial charge in [0.05, 0.1) is 0 Å². The third kappa shape index (κ3) is 11.5. The molecule has 216 valence electrons. The number of carboxylic acid groups (broad SMARTS) is 2. The largest absolute Gasteiger partial charge is 0.490 e. The maximum Gasteiger partial charge on any atom is 0.490 e. The van der Waals surface area contributed by atoms with Gasteiger partial charge in [0, 0.05) is 37.4 Å². The molecule has 2 aliphatic rings. The molecule has 0 aromatic heterocycles. The number of hydrogen-bond donors (Lipinski definition) is 4. The van der Waals surface area contributed by atoms with E-state index in [-0.39, 0.29) is 0 Å². The fourth-order valence-electron chi connectivity index (χ4n) is 4.14. The van der Waals surface area contributed by atoms with Crippen LogP contribution in [0.2, 0.25) is 0 Å². The molecule has 1 unspecified atom stereocenters. The van der Waals surface area contributed by atoms with Crippen LogP contribution in [0, 0.1) is 0 Å². The number of nitrogens with zero attached hydrogens (tertiary/aromatic N) is 1. The second kappa shape index (κ2) is 14.7. The number of alkyl halides is 6. The summed E-state index contributed by atoms with van der Waals surface area (Å²) < 4.78 is 63.5. The van der Waals surface area contributed by atoms with Crippen molar-refractivity contribution in [2.45, 2.75) is 50.1 Å². The molecule has 0 aliphatic carbocycles. The number of benzene rings is 2. The minimum absolute atomic E-state index is 0.673. The summed E-state index contributed by atoms with van der Waals surface area (Å²) in [6.07, 6.45) is -5.05. The quantitative estimate of drug-likeness (QED) is 0.392. The lowest BCUT2D eigenvalue weighted by Gasteiger charge is -2.37. The molecule has 2 fully saturated rings. The topological polar surface area (TPSA) is 102 Å². The fourth-order valence-corrected chi connectivity index (χ4v) is 4.14. The van der Waals surface area contributed by atoms with Gasteiger partial charge in [-0.3, -0.25) is 0 Å². The SMILES string of the molecule is O=C(O)C(F)(F)F.O=C(O)C(F)(F)F.c1ccc(-c2cccc(N3CCC(NC4CCCNC4)CC3)c2)cc1. The molecule has 39 heavy (non-hydrogen) atoms. The highest BCUT2D eigenvalue weighted by Crippen LogP contribution is 2.27. The second-order valence-corrected chi connectivity index (χ2v) is 8.99. The van der Waals surface area contributed by atoms with E-state index in [9.17, 15) is 26.3 Å². The fraction of sp³-hybridized carbons (Fsp3) is 0.462. The lowest BCUT2D eigenvalue weighted by molar-refractivity contribution is -0.193. The van der Waals surface area contributed by atoms with Crippen LogP contribution in [0.25, 0.3) is 11.1 Å². The molecule has 0 radical (unpaired) electrons. The van der Waals surface area contributed by atoms with E-state index in [1.54, 1.807) is 0 Å². The number of hydrogen-bond acceptors (Lipinski definition) is 5. The molecule has 4 rings (SSSR count). The van der Waals surface area contributed by atoms with Gasteiger partial charge in [-0.05, 0) is 55.5 Å². The van der Waals surface area contributed by atoms with Crippen LogP contribution in [0.15, 0.2) is 54.6 Å². The zero-order chi connectivity index (χ0) is 29.1. The maximum absolute atomic E-state index is 10.6. The molecule has 1 atom stereocenters. The van der Waals surface area contributed by atoms with Crippen LogP contribution >= 0.6 is 0 Å². The number of rotatable bonds is 4. The van der Waals surface area contributed by atoms with Gasteiger partial charge in [0.1, 0.15) is 0 Å². The highest BCUT2D eigenvalue weighted by Gasteiger charge is 2.38. The normalized spacial score (nSPS) is 18.2. The first kappa shape index (κ1) is 31.9. The third-order valence-electron chi connectivity index (χ3n) is 6.07. The predicted octanol–water partition coefficient (Wildman–Crippen LogP) is 4.93. The van der Waals surface area contributed by atoms with Crippen LogP contribution in [0.3, 0.4) is 0 Å². The van der Waals surface area contributed by atoms with E-state index >= 15 is 0 Å². The molecular weight excluding hydrogens is 532 g/mol. The van der Waals surface area contributed by atoms with Crippen molar-refractivity contribution in [3.05, 3.63) is 54.6 Å². The van der Waals surface area contributed by atoms with Crippen molar-refractivity contribution in [1.82, 2.24) is 10.6 Å². The Labute approximate surface area is 221 Å². The Balaban J connectivity index is 0.000000317. The highest BCUT2D eigenvalue weighted by atomic mass is 19.4. The van der Waals surface area contributed by atoms with Crippen LogP contribution < -0.4 is 15.5 Å². The molecule has 2 saturated heterocycles. The summed E-state index contributed by atoms with van der Waals surface area (Å²) in [7, 11) is 0. The van der Waals surface area contributed by atoms with Crippen LogP contribution in [-0.2, 0) is 9.59 Å². The number of piperidine rings is 2. The van der Waals surface area contributed by atoms with Gasteiger partial charge in [-0.2, -0.15) is 26.3 Å². The Bertz CT molecular complexity index is 1010. The first-order valence-corrected chi connectivity index (χ1v) is 12.2. The van der Waals surface area contributed by atoms with Crippen LogP contribution in [-0.4, -0.2) is 72.8 Å². The molecule has 0 amide bonds. The molecule has 7 nitrogen and oxygen atoms in total. The van der Waals surface area contributed by atoms with Gasteiger partial charge in [-0.1, -0.05) is 42.5 Å². The summed E-state index contributed by atoms with van der Waals surface area (Å²) in [4.78, 5) is 20.3. The van der Waals surface area contributed by atoms with Crippen molar-refractivity contribution in [3.8, 4) is 11.1 Å². The van der Waals surface area contributed by atoms with Crippen molar-refractivity contribution < 1.29 is 46.1 Å². The summed E-state index contributed by atoms with van der Waals surface area (Å²) in [5.41, 5.74) is 3.97. The van der Waals surface area contributed by atoms with E-state index in [0.717, 1.165) is 19.6 Å². The number of halogens is 6. The average molecular weight is 564 g/mol. The Morgan fingerprint density at radius 1 is 0.795 bits per heavy atom. The minimum atomic E-state index is -5.08. The Hall–Kier alpha value is -3.32. The van der Waals surface area contributed by atoms with Crippen molar-refractivity contribution >= 4 is 17.6 Å². The first-order chi connectivity index (χ1) is 18.3. The molecule has 0 saturated carbocycles. The smallest absolute Gasteiger partial charge is 0.475 e. The van der Waals surface area contributed by atoms with E-state index in [0.29, 0.717) is 12.1 Å². The molecule has 4 N–H and O–H groups in total. The van der Waals surface area contributed by atoms with Crippen LogP contribution in [0.5, 0.6) is 0 Å².